The van der Waals surface area contributed by atoms with Gasteiger partial charge in [0.25, 0.3) is 5.78 Å². The van der Waals surface area contributed by atoms with Crippen molar-refractivity contribution in [2.45, 2.75) is 46.1 Å². The number of fused-ring (bicyclic) bond motifs is 1. The number of ether oxygens (including phenoxy) is 1. The summed E-state index contributed by atoms with van der Waals surface area (Å²) in [6.45, 7) is 7.28. The van der Waals surface area contributed by atoms with Crippen molar-refractivity contribution in [3.05, 3.63) is 18.1 Å². The molecule has 3 rings (SSSR count). The van der Waals surface area contributed by atoms with Crippen molar-refractivity contribution in [1.29, 1.82) is 0 Å². The molecule has 0 N–H and O–H groups in total. The fraction of sp³-hybridized carbons (Fsp3) is 0.706. The molecule has 0 amide bonds. The van der Waals surface area contributed by atoms with Crippen LogP contribution in [-0.2, 0) is 11.3 Å². The van der Waals surface area contributed by atoms with Gasteiger partial charge in [-0.25, -0.2) is 4.98 Å². The Morgan fingerprint density at radius 1 is 1.30 bits per heavy atom. The molecule has 0 atom stereocenters. The lowest BCUT2D eigenvalue weighted by atomic mass is 9.89. The maximum absolute atomic E-state index is 5.23. The molecule has 1 aliphatic heterocycles. The first kappa shape index (κ1) is 16.2. The monoisotopic (exact) mass is 317 g/mol. The molecular formula is C17H27N5O. The van der Waals surface area contributed by atoms with E-state index < -0.39 is 0 Å². The number of rotatable bonds is 6. The van der Waals surface area contributed by atoms with Crippen LogP contribution < -0.4 is 4.90 Å². The van der Waals surface area contributed by atoms with Crippen LogP contribution >= 0.6 is 0 Å². The summed E-state index contributed by atoms with van der Waals surface area (Å²) in [4.78, 5) is 11.1. The van der Waals surface area contributed by atoms with Crippen LogP contribution in [0.4, 0.5) is 5.82 Å². The minimum Gasteiger partial charge on any atom is -0.378 e. The second-order valence-electron chi connectivity index (χ2n) is 6.91. The van der Waals surface area contributed by atoms with Crippen LogP contribution in [0.2, 0.25) is 0 Å². The SMILES string of the molecule is COCc1cc(N2CCC(CCC(C)C)CC2)n2ncnc2n1. The summed E-state index contributed by atoms with van der Waals surface area (Å²) in [7, 11) is 1.69. The highest BCUT2D eigenvalue weighted by Crippen LogP contribution is 2.27. The number of hydrogen-bond acceptors (Lipinski definition) is 5. The third kappa shape index (κ3) is 3.80. The molecule has 6 heteroatoms. The zero-order valence-electron chi connectivity index (χ0n) is 14.4. The topological polar surface area (TPSA) is 55.6 Å². The van der Waals surface area contributed by atoms with Gasteiger partial charge in [-0.05, 0) is 24.7 Å². The van der Waals surface area contributed by atoms with E-state index in [4.69, 9.17) is 4.74 Å². The molecule has 126 valence electrons. The zero-order chi connectivity index (χ0) is 16.2. The summed E-state index contributed by atoms with van der Waals surface area (Å²) in [5.74, 6) is 3.40. The first-order valence-corrected chi connectivity index (χ1v) is 8.61. The summed E-state index contributed by atoms with van der Waals surface area (Å²) in [5, 5.41) is 4.33. The van der Waals surface area contributed by atoms with Gasteiger partial charge in [-0.1, -0.05) is 26.7 Å². The standard InChI is InChI=1S/C17H27N5O/c1-13(2)4-5-14-6-8-21(9-7-14)16-10-15(11-23-3)20-17-18-12-19-22(16)17/h10,12-14H,4-9,11H2,1-3H3. The van der Waals surface area contributed by atoms with E-state index in [1.54, 1.807) is 13.4 Å². The van der Waals surface area contributed by atoms with Crippen molar-refractivity contribution in [2.75, 3.05) is 25.1 Å². The van der Waals surface area contributed by atoms with Crippen LogP contribution in [-0.4, -0.2) is 39.8 Å². The van der Waals surface area contributed by atoms with Gasteiger partial charge in [0.05, 0.1) is 12.3 Å². The van der Waals surface area contributed by atoms with E-state index in [0.29, 0.717) is 12.4 Å². The Bertz CT molecular complexity index is 631. The molecule has 1 aliphatic rings. The molecule has 0 radical (unpaired) electrons. The second kappa shape index (κ2) is 7.25. The van der Waals surface area contributed by atoms with Crippen molar-refractivity contribution in [2.24, 2.45) is 11.8 Å². The fourth-order valence-electron chi connectivity index (χ4n) is 3.31. The highest BCUT2D eigenvalue weighted by atomic mass is 16.5. The van der Waals surface area contributed by atoms with E-state index in [1.807, 2.05) is 4.52 Å². The Labute approximate surface area is 137 Å². The third-order valence-electron chi connectivity index (χ3n) is 4.67. The van der Waals surface area contributed by atoms with Crippen molar-refractivity contribution in [3.63, 3.8) is 0 Å². The molecular weight excluding hydrogens is 290 g/mol. The Morgan fingerprint density at radius 2 is 2.09 bits per heavy atom. The summed E-state index contributed by atoms with van der Waals surface area (Å²) >= 11 is 0. The molecule has 0 bridgehead atoms. The molecule has 1 saturated heterocycles. The van der Waals surface area contributed by atoms with Crippen molar-refractivity contribution in [3.8, 4) is 0 Å². The highest BCUT2D eigenvalue weighted by molar-refractivity contribution is 5.47. The maximum atomic E-state index is 5.23. The summed E-state index contributed by atoms with van der Waals surface area (Å²) in [6, 6.07) is 2.08. The quantitative estimate of drug-likeness (QED) is 0.820. The molecule has 23 heavy (non-hydrogen) atoms. The van der Waals surface area contributed by atoms with E-state index in [2.05, 4.69) is 39.9 Å². The highest BCUT2D eigenvalue weighted by Gasteiger charge is 2.22. The minimum atomic E-state index is 0.501. The molecule has 0 spiro atoms. The van der Waals surface area contributed by atoms with Crippen LogP contribution in [0.25, 0.3) is 5.78 Å². The van der Waals surface area contributed by atoms with Gasteiger partial charge < -0.3 is 9.64 Å². The zero-order valence-corrected chi connectivity index (χ0v) is 14.4. The van der Waals surface area contributed by atoms with Crippen LogP contribution in [0.3, 0.4) is 0 Å². The van der Waals surface area contributed by atoms with Gasteiger partial charge in [-0.3, -0.25) is 0 Å². The lowest BCUT2D eigenvalue weighted by Gasteiger charge is -2.33. The van der Waals surface area contributed by atoms with Gasteiger partial charge in [0.2, 0.25) is 0 Å². The van der Waals surface area contributed by atoms with Gasteiger partial charge in [-0.15, -0.1) is 0 Å². The van der Waals surface area contributed by atoms with E-state index in [1.165, 1.54) is 25.7 Å². The van der Waals surface area contributed by atoms with Crippen LogP contribution in [0.1, 0.15) is 45.2 Å². The van der Waals surface area contributed by atoms with Gasteiger partial charge in [0.15, 0.2) is 0 Å². The van der Waals surface area contributed by atoms with Crippen molar-refractivity contribution in [1.82, 2.24) is 19.6 Å². The Morgan fingerprint density at radius 3 is 2.78 bits per heavy atom. The molecule has 6 nitrogen and oxygen atoms in total. The third-order valence-corrected chi connectivity index (χ3v) is 4.67. The van der Waals surface area contributed by atoms with Crippen molar-refractivity contribution < 1.29 is 4.74 Å². The molecule has 3 heterocycles. The van der Waals surface area contributed by atoms with Gasteiger partial charge in [0.1, 0.15) is 12.1 Å². The number of nitrogens with zero attached hydrogens (tertiary/aromatic N) is 5. The van der Waals surface area contributed by atoms with E-state index >= 15 is 0 Å². The molecule has 0 unspecified atom stereocenters. The normalized spacial score (nSPS) is 16.6. The summed E-state index contributed by atoms with van der Waals surface area (Å²) < 4.78 is 7.07. The average molecular weight is 317 g/mol. The van der Waals surface area contributed by atoms with E-state index in [9.17, 15) is 0 Å². The van der Waals surface area contributed by atoms with Gasteiger partial charge in [-0.2, -0.15) is 14.6 Å². The summed E-state index contributed by atoms with van der Waals surface area (Å²) in [5.41, 5.74) is 0.907. The molecule has 1 fully saturated rings. The number of anilines is 1. The van der Waals surface area contributed by atoms with Crippen LogP contribution in [0, 0.1) is 11.8 Å². The number of piperidine rings is 1. The minimum absolute atomic E-state index is 0.501. The predicted octanol–water partition coefficient (Wildman–Crippen LogP) is 2.92. The summed E-state index contributed by atoms with van der Waals surface area (Å²) in [6.07, 6.45) is 6.77. The maximum Gasteiger partial charge on any atom is 0.254 e. The van der Waals surface area contributed by atoms with Crippen molar-refractivity contribution >= 4 is 11.6 Å². The number of methoxy groups -OCH3 is 1. The molecule has 2 aromatic rings. The van der Waals surface area contributed by atoms with Crippen LogP contribution in [0.5, 0.6) is 0 Å². The largest absolute Gasteiger partial charge is 0.378 e. The predicted molar refractivity (Wildman–Crippen MR) is 90.5 cm³/mol. The van der Waals surface area contributed by atoms with Gasteiger partial charge >= 0.3 is 0 Å². The number of aromatic nitrogens is 4. The second-order valence-corrected chi connectivity index (χ2v) is 6.91. The first-order valence-electron chi connectivity index (χ1n) is 8.61. The lowest BCUT2D eigenvalue weighted by Crippen LogP contribution is -2.35. The molecule has 0 aliphatic carbocycles. The Kier molecular flexibility index (Phi) is 5.10. The molecule has 0 aromatic carbocycles. The first-order chi connectivity index (χ1) is 11.2. The van der Waals surface area contributed by atoms with Crippen LogP contribution in [0.15, 0.2) is 12.4 Å². The molecule has 0 saturated carbocycles. The fourth-order valence-corrected chi connectivity index (χ4v) is 3.31. The Balaban J connectivity index is 1.72. The Hall–Kier alpha value is -1.69. The average Bonchev–Trinajstić information content (AvgIpc) is 3.01. The number of hydrogen-bond donors (Lipinski definition) is 0. The van der Waals surface area contributed by atoms with E-state index in [0.717, 1.165) is 36.4 Å². The molecule has 2 aromatic heterocycles. The lowest BCUT2D eigenvalue weighted by molar-refractivity contribution is 0.181. The smallest absolute Gasteiger partial charge is 0.254 e. The van der Waals surface area contributed by atoms with Gasteiger partial charge in [0, 0.05) is 26.3 Å². The van der Waals surface area contributed by atoms with E-state index in [-0.39, 0.29) is 0 Å².